The van der Waals surface area contributed by atoms with Crippen molar-refractivity contribution in [2.24, 2.45) is 0 Å². The van der Waals surface area contributed by atoms with Crippen molar-refractivity contribution in [3.05, 3.63) is 97.2 Å². The third-order valence-electron chi connectivity index (χ3n) is 11.4. The first-order valence-corrected chi connectivity index (χ1v) is 26.5. The molecule has 0 aliphatic rings. The van der Waals surface area contributed by atoms with E-state index in [-0.39, 0.29) is 31.3 Å². The van der Waals surface area contributed by atoms with E-state index >= 15 is 0 Å². The Hall–Kier alpha value is -3.22. The van der Waals surface area contributed by atoms with Crippen LogP contribution in [0.2, 0.25) is 0 Å². The Bertz CT molecular complexity index is 1270. The van der Waals surface area contributed by atoms with Crippen molar-refractivity contribution in [3.63, 3.8) is 0 Å². The Morgan fingerprint density at radius 2 is 0.844 bits per heavy atom. The highest BCUT2D eigenvalue weighted by Gasteiger charge is 2.24. The Kier molecular flexibility index (Phi) is 48.2. The van der Waals surface area contributed by atoms with E-state index in [0.29, 0.717) is 19.3 Å². The van der Waals surface area contributed by atoms with E-state index in [2.05, 4.69) is 117 Å². The highest BCUT2D eigenvalue weighted by molar-refractivity contribution is 5.77. The van der Waals surface area contributed by atoms with Crippen LogP contribution < -0.4 is 5.32 Å². The number of unbranched alkanes of at least 4 members (excludes halogenated alkanes) is 18. The van der Waals surface area contributed by atoms with Crippen LogP contribution in [-0.2, 0) is 14.3 Å². The van der Waals surface area contributed by atoms with Gasteiger partial charge in [0.15, 0.2) is 0 Å². The van der Waals surface area contributed by atoms with Crippen molar-refractivity contribution in [1.82, 2.24) is 5.32 Å². The average molecular weight is 890 g/mol. The first-order valence-electron chi connectivity index (χ1n) is 26.5. The second kappa shape index (κ2) is 50.8. The number of carbonyl (C=O) groups excluding carboxylic acids is 2. The number of hydrogen-bond acceptors (Lipinski definition) is 5. The number of esters is 1. The van der Waals surface area contributed by atoms with Gasteiger partial charge in [-0.3, -0.25) is 9.59 Å². The highest BCUT2D eigenvalue weighted by atomic mass is 16.5. The molecule has 0 aromatic heterocycles. The predicted molar refractivity (Wildman–Crippen MR) is 277 cm³/mol. The molecule has 0 aliphatic carbocycles. The quantitative estimate of drug-likeness (QED) is 0.0321. The Balaban J connectivity index is 4.68. The molecule has 1 amide bonds. The van der Waals surface area contributed by atoms with Gasteiger partial charge in [0.25, 0.3) is 0 Å². The van der Waals surface area contributed by atoms with Crippen molar-refractivity contribution in [2.75, 3.05) is 6.61 Å². The number of hydrogen-bond donors (Lipinski definition) is 3. The van der Waals surface area contributed by atoms with Crippen LogP contribution in [0.4, 0.5) is 0 Å². The third-order valence-corrected chi connectivity index (χ3v) is 11.4. The lowest BCUT2D eigenvalue weighted by molar-refractivity contribution is -0.150. The number of allylic oxidation sites excluding steroid dienone is 16. The fraction of sp³-hybridized carbons (Fsp3) is 0.690. The summed E-state index contributed by atoms with van der Waals surface area (Å²) >= 11 is 0. The number of aliphatic hydroxyl groups is 2. The summed E-state index contributed by atoms with van der Waals surface area (Å²) in [4.78, 5) is 26.1. The molecule has 0 saturated heterocycles. The fourth-order valence-corrected chi connectivity index (χ4v) is 7.49. The van der Waals surface area contributed by atoms with Crippen LogP contribution in [0.25, 0.3) is 0 Å². The van der Waals surface area contributed by atoms with Gasteiger partial charge in [-0.1, -0.05) is 227 Å². The summed E-state index contributed by atoms with van der Waals surface area (Å²) in [5, 5.41) is 23.8. The van der Waals surface area contributed by atoms with Crippen molar-refractivity contribution >= 4 is 11.9 Å². The summed E-state index contributed by atoms with van der Waals surface area (Å²) in [5.41, 5.74) is 0. The maximum absolute atomic E-state index is 13.2. The smallest absolute Gasteiger partial charge is 0.306 e. The van der Waals surface area contributed by atoms with Gasteiger partial charge in [-0.2, -0.15) is 0 Å². The molecule has 6 heteroatoms. The van der Waals surface area contributed by atoms with Crippen LogP contribution in [0.15, 0.2) is 97.2 Å². The van der Waals surface area contributed by atoms with Crippen molar-refractivity contribution in [2.45, 2.75) is 251 Å². The van der Waals surface area contributed by atoms with Gasteiger partial charge >= 0.3 is 5.97 Å². The fourth-order valence-electron chi connectivity index (χ4n) is 7.49. The van der Waals surface area contributed by atoms with Crippen LogP contribution >= 0.6 is 0 Å². The second-order valence-electron chi connectivity index (χ2n) is 17.5. The van der Waals surface area contributed by atoms with Gasteiger partial charge in [0, 0.05) is 6.42 Å². The lowest BCUT2D eigenvalue weighted by Gasteiger charge is -2.24. The van der Waals surface area contributed by atoms with Crippen molar-refractivity contribution < 1.29 is 24.5 Å². The van der Waals surface area contributed by atoms with Gasteiger partial charge in [0.2, 0.25) is 5.91 Å². The normalized spacial score (nSPS) is 14.0. The molecular formula is C58H99NO5. The summed E-state index contributed by atoms with van der Waals surface area (Å²) in [6.45, 7) is 6.24. The number of amides is 1. The Morgan fingerprint density at radius 1 is 0.469 bits per heavy atom. The molecular weight excluding hydrogens is 791 g/mol. The van der Waals surface area contributed by atoms with E-state index in [1.54, 1.807) is 0 Å². The summed E-state index contributed by atoms with van der Waals surface area (Å²) in [7, 11) is 0. The van der Waals surface area contributed by atoms with Crippen molar-refractivity contribution in [1.29, 1.82) is 0 Å². The first-order chi connectivity index (χ1) is 31.5. The number of carbonyl (C=O) groups is 2. The molecule has 0 heterocycles. The summed E-state index contributed by atoms with van der Waals surface area (Å²) in [5.74, 6) is -0.594. The molecule has 64 heavy (non-hydrogen) atoms. The number of ether oxygens (including phenoxy) is 1. The van der Waals surface area contributed by atoms with E-state index in [0.717, 1.165) is 109 Å². The van der Waals surface area contributed by atoms with E-state index in [9.17, 15) is 19.8 Å². The molecule has 366 valence electrons. The molecule has 3 atom stereocenters. The maximum atomic E-state index is 13.2. The SMILES string of the molecule is CC/C=C\C/C=C\C/C=C\C/C=C\C/C=C\C/C=C\CCC(=O)OC(CCCCCCC/C=C/C/C=C/CC)CC(=O)NC(CO)C(O)CCCCCCCCCCCCCCCC. The van der Waals surface area contributed by atoms with Gasteiger partial charge in [-0.15, -0.1) is 0 Å². The Morgan fingerprint density at radius 3 is 1.28 bits per heavy atom. The largest absolute Gasteiger partial charge is 0.462 e. The lowest BCUT2D eigenvalue weighted by Crippen LogP contribution is -2.46. The topological polar surface area (TPSA) is 95.9 Å². The van der Waals surface area contributed by atoms with Gasteiger partial charge in [-0.05, 0) is 89.9 Å². The minimum atomic E-state index is -0.809. The number of rotatable bonds is 46. The molecule has 0 saturated carbocycles. The first kappa shape index (κ1) is 60.8. The molecule has 0 aromatic rings. The molecule has 0 aliphatic heterocycles. The van der Waals surface area contributed by atoms with Crippen molar-refractivity contribution in [3.8, 4) is 0 Å². The highest BCUT2D eigenvalue weighted by Crippen LogP contribution is 2.17. The molecule has 0 spiro atoms. The van der Waals surface area contributed by atoms with Crippen LogP contribution in [-0.4, -0.2) is 46.9 Å². The molecule has 0 fully saturated rings. The lowest BCUT2D eigenvalue weighted by atomic mass is 10.0. The standard InChI is InChI=1S/C58H99NO5/c1-4-7-10-13-16-19-22-25-27-28-29-30-31-33-36-39-42-45-48-51-58(63)64-54(49-46-43-40-37-34-24-21-18-15-12-9-6-3)52-57(62)59-55(53-60)56(61)50-47-44-41-38-35-32-26-23-20-17-14-11-8-5-2/h7,9-10,12,16,18-19,21,25,27,29-30,33,36,42,45,54-56,60-61H,4-6,8,11,13-15,17,20,22-24,26,28,31-32,34-35,37-41,43-44,46-53H2,1-3H3,(H,59,62)/b10-7-,12-9+,19-16-,21-18+,27-25-,30-29-,36-33-,45-42-. The summed E-state index contributed by atoms with van der Waals surface area (Å²) in [6, 6.07) is -0.726. The van der Waals surface area contributed by atoms with E-state index in [1.807, 2.05) is 6.08 Å². The van der Waals surface area contributed by atoms with E-state index < -0.39 is 18.2 Å². The van der Waals surface area contributed by atoms with Crippen LogP contribution in [0.1, 0.15) is 233 Å². The number of nitrogens with one attached hydrogen (secondary N) is 1. The minimum absolute atomic E-state index is 0.0327. The van der Waals surface area contributed by atoms with E-state index in [1.165, 1.54) is 70.6 Å². The molecule has 3 N–H and O–H groups in total. The second-order valence-corrected chi connectivity index (χ2v) is 17.5. The Labute approximate surface area is 395 Å². The third kappa shape index (κ3) is 45.4. The molecule has 0 radical (unpaired) electrons. The molecule has 0 aromatic carbocycles. The van der Waals surface area contributed by atoms with Gasteiger partial charge in [0.05, 0.1) is 25.2 Å². The number of aliphatic hydroxyl groups excluding tert-OH is 2. The molecule has 3 unspecified atom stereocenters. The zero-order valence-electron chi connectivity index (χ0n) is 41.6. The van der Waals surface area contributed by atoms with Gasteiger partial charge in [-0.25, -0.2) is 0 Å². The summed E-state index contributed by atoms with van der Waals surface area (Å²) < 4.78 is 5.89. The van der Waals surface area contributed by atoms with Gasteiger partial charge in [0.1, 0.15) is 6.10 Å². The zero-order valence-corrected chi connectivity index (χ0v) is 41.6. The van der Waals surface area contributed by atoms with Crippen LogP contribution in [0.3, 0.4) is 0 Å². The molecule has 0 bridgehead atoms. The monoisotopic (exact) mass is 890 g/mol. The minimum Gasteiger partial charge on any atom is -0.462 e. The van der Waals surface area contributed by atoms with E-state index in [4.69, 9.17) is 4.74 Å². The predicted octanol–water partition coefficient (Wildman–Crippen LogP) is 16.1. The summed E-state index contributed by atoms with van der Waals surface area (Å²) in [6.07, 6.45) is 67.6. The molecule has 6 nitrogen and oxygen atoms in total. The molecule has 0 rings (SSSR count). The van der Waals surface area contributed by atoms with Gasteiger partial charge < -0.3 is 20.3 Å². The maximum Gasteiger partial charge on any atom is 0.306 e. The van der Waals surface area contributed by atoms with Crippen LogP contribution in [0.5, 0.6) is 0 Å². The average Bonchev–Trinajstić information content (AvgIpc) is 3.29. The van der Waals surface area contributed by atoms with Crippen LogP contribution in [0, 0.1) is 0 Å². The zero-order chi connectivity index (χ0) is 46.7.